The summed E-state index contributed by atoms with van der Waals surface area (Å²) in [6.07, 6.45) is 2.85. The van der Waals surface area contributed by atoms with Gasteiger partial charge in [-0.3, -0.25) is 10.1 Å². The van der Waals surface area contributed by atoms with Gasteiger partial charge in [-0.2, -0.15) is 9.78 Å². The van der Waals surface area contributed by atoms with E-state index in [9.17, 15) is 15.2 Å². The quantitative estimate of drug-likeness (QED) is 0.287. The van der Waals surface area contributed by atoms with Gasteiger partial charge in [0.2, 0.25) is 10.9 Å². The summed E-state index contributed by atoms with van der Waals surface area (Å²) in [6.45, 7) is 0. The Hall–Kier alpha value is -3.40. The van der Waals surface area contributed by atoms with Crippen LogP contribution in [0.2, 0.25) is 0 Å². The predicted molar refractivity (Wildman–Crippen MR) is 100 cm³/mol. The van der Waals surface area contributed by atoms with E-state index in [1.807, 2.05) is 30.3 Å². The molecule has 0 aliphatic heterocycles. The van der Waals surface area contributed by atoms with Crippen LogP contribution in [0.5, 0.6) is 11.5 Å². The lowest BCUT2D eigenvalue weighted by Crippen LogP contribution is -1.96. The molecule has 0 saturated heterocycles. The number of thioether (sulfide) groups is 1. The number of hydrogen-bond donors (Lipinski definition) is 1. The van der Waals surface area contributed by atoms with Crippen molar-refractivity contribution in [1.29, 1.82) is 0 Å². The summed E-state index contributed by atoms with van der Waals surface area (Å²) in [5.74, 6) is 0.171. The van der Waals surface area contributed by atoms with Gasteiger partial charge < -0.3 is 9.84 Å². The normalized spacial score (nSPS) is 11.0. The van der Waals surface area contributed by atoms with Crippen LogP contribution in [-0.4, -0.2) is 38.2 Å². The first-order chi connectivity index (χ1) is 13.1. The number of nitro groups is 1. The van der Waals surface area contributed by atoms with Crippen LogP contribution in [0.15, 0.2) is 59.0 Å². The standard InChI is InChI=1S/C17H15N5O4S/c1-26-15-8-13(7-14(16(15)23)22(24)25)9-19-21-11-18-20-17(21)27-10-12-5-3-2-4-6-12/h2-9,11,23H,10H2,1H3. The monoisotopic (exact) mass is 385 g/mol. The molecule has 2 aromatic carbocycles. The van der Waals surface area contributed by atoms with Crippen LogP contribution in [0.4, 0.5) is 5.69 Å². The second kappa shape index (κ2) is 8.32. The lowest BCUT2D eigenvalue weighted by atomic mass is 10.2. The predicted octanol–water partition coefficient (Wildman–Crippen LogP) is 3.08. The molecule has 0 fully saturated rings. The summed E-state index contributed by atoms with van der Waals surface area (Å²) < 4.78 is 6.44. The summed E-state index contributed by atoms with van der Waals surface area (Å²) in [6, 6.07) is 12.6. The van der Waals surface area contributed by atoms with Crippen molar-refractivity contribution in [1.82, 2.24) is 14.9 Å². The molecular weight excluding hydrogens is 370 g/mol. The first-order valence-corrected chi connectivity index (χ1v) is 8.73. The summed E-state index contributed by atoms with van der Waals surface area (Å²) in [5.41, 5.74) is 1.07. The van der Waals surface area contributed by atoms with Crippen molar-refractivity contribution < 1.29 is 14.8 Å². The highest BCUT2D eigenvalue weighted by Gasteiger charge is 2.19. The molecule has 0 atom stereocenters. The van der Waals surface area contributed by atoms with Crippen LogP contribution in [0.25, 0.3) is 0 Å². The van der Waals surface area contributed by atoms with Crippen molar-refractivity contribution >= 4 is 23.7 Å². The number of aromatic nitrogens is 3. The number of hydrogen-bond acceptors (Lipinski definition) is 8. The second-order valence-electron chi connectivity index (χ2n) is 5.32. The van der Waals surface area contributed by atoms with Gasteiger partial charge in [0.15, 0.2) is 5.75 Å². The van der Waals surface area contributed by atoms with E-state index in [0.29, 0.717) is 16.5 Å². The molecular formula is C17H15N5O4S. The van der Waals surface area contributed by atoms with Gasteiger partial charge in [-0.15, -0.1) is 10.2 Å². The van der Waals surface area contributed by atoms with Gasteiger partial charge in [0, 0.05) is 17.4 Å². The van der Waals surface area contributed by atoms with E-state index < -0.39 is 16.4 Å². The van der Waals surface area contributed by atoms with Gasteiger partial charge in [0.05, 0.1) is 18.2 Å². The molecule has 3 rings (SSSR count). The Morgan fingerprint density at radius 1 is 1.37 bits per heavy atom. The Morgan fingerprint density at radius 3 is 2.85 bits per heavy atom. The molecule has 0 spiro atoms. The van der Waals surface area contributed by atoms with Crippen LogP contribution >= 0.6 is 11.8 Å². The highest BCUT2D eigenvalue weighted by atomic mass is 32.2. The highest BCUT2D eigenvalue weighted by Crippen LogP contribution is 2.36. The third-order valence-electron chi connectivity index (χ3n) is 3.54. The van der Waals surface area contributed by atoms with E-state index in [1.165, 1.54) is 48.2 Å². The molecule has 138 valence electrons. The molecule has 0 amide bonds. The molecule has 27 heavy (non-hydrogen) atoms. The fraction of sp³-hybridized carbons (Fsp3) is 0.118. The molecule has 9 nitrogen and oxygen atoms in total. The number of phenolic OH excluding ortho intramolecular Hbond substituents is 1. The van der Waals surface area contributed by atoms with E-state index in [1.54, 1.807) is 0 Å². The summed E-state index contributed by atoms with van der Waals surface area (Å²) in [7, 11) is 1.32. The Bertz CT molecular complexity index is 975. The lowest BCUT2D eigenvalue weighted by Gasteiger charge is -2.05. The fourth-order valence-electron chi connectivity index (χ4n) is 2.23. The maximum Gasteiger partial charge on any atom is 0.315 e. The molecule has 1 N–H and O–H groups in total. The zero-order valence-corrected chi connectivity index (χ0v) is 15.0. The number of nitrogens with zero attached hydrogens (tertiary/aromatic N) is 5. The first kappa shape index (κ1) is 18.4. The smallest absolute Gasteiger partial charge is 0.315 e. The molecule has 0 bridgehead atoms. The third kappa shape index (κ3) is 4.42. The molecule has 0 radical (unpaired) electrons. The molecule has 1 heterocycles. The Balaban J connectivity index is 1.80. The summed E-state index contributed by atoms with van der Waals surface area (Å²) >= 11 is 1.46. The minimum absolute atomic E-state index is 0.00641. The average molecular weight is 385 g/mol. The molecule has 3 aromatic rings. The van der Waals surface area contributed by atoms with Gasteiger partial charge in [0.25, 0.3) is 0 Å². The number of methoxy groups -OCH3 is 1. The summed E-state index contributed by atoms with van der Waals surface area (Å²) in [5, 5.41) is 33.6. The van der Waals surface area contributed by atoms with Crippen LogP contribution < -0.4 is 4.74 Å². The Kier molecular flexibility index (Phi) is 5.67. The highest BCUT2D eigenvalue weighted by molar-refractivity contribution is 7.98. The number of ether oxygens (including phenoxy) is 1. The van der Waals surface area contributed by atoms with Crippen molar-refractivity contribution in [2.45, 2.75) is 10.9 Å². The van der Waals surface area contributed by atoms with E-state index >= 15 is 0 Å². The van der Waals surface area contributed by atoms with E-state index in [0.717, 1.165) is 5.56 Å². The molecule has 10 heteroatoms. The Morgan fingerprint density at radius 2 is 2.15 bits per heavy atom. The fourth-order valence-corrected chi connectivity index (χ4v) is 3.05. The first-order valence-electron chi connectivity index (χ1n) is 7.75. The van der Waals surface area contributed by atoms with Crippen LogP contribution in [0, 0.1) is 10.1 Å². The average Bonchev–Trinajstić information content (AvgIpc) is 3.13. The third-order valence-corrected chi connectivity index (χ3v) is 4.54. The van der Waals surface area contributed by atoms with Crippen LogP contribution in [0.1, 0.15) is 11.1 Å². The molecule has 0 unspecified atom stereocenters. The SMILES string of the molecule is COc1cc(C=Nn2cnnc2SCc2ccccc2)cc([N+](=O)[O-])c1O. The number of phenols is 1. The van der Waals surface area contributed by atoms with E-state index in [4.69, 9.17) is 4.74 Å². The van der Waals surface area contributed by atoms with Crippen molar-refractivity contribution in [2.24, 2.45) is 5.10 Å². The summed E-state index contributed by atoms with van der Waals surface area (Å²) in [4.78, 5) is 10.4. The number of rotatable bonds is 7. The van der Waals surface area contributed by atoms with E-state index in [2.05, 4.69) is 15.3 Å². The maximum atomic E-state index is 11.1. The number of aromatic hydroxyl groups is 1. The maximum absolute atomic E-state index is 11.1. The van der Waals surface area contributed by atoms with E-state index in [-0.39, 0.29) is 5.75 Å². The second-order valence-corrected chi connectivity index (χ2v) is 6.27. The van der Waals surface area contributed by atoms with Gasteiger partial charge in [-0.1, -0.05) is 42.1 Å². The zero-order chi connectivity index (χ0) is 19.2. The minimum atomic E-state index is -0.685. The van der Waals surface area contributed by atoms with Gasteiger partial charge in [0.1, 0.15) is 6.33 Å². The molecule has 1 aromatic heterocycles. The van der Waals surface area contributed by atoms with Crippen molar-refractivity contribution in [3.63, 3.8) is 0 Å². The largest absolute Gasteiger partial charge is 0.500 e. The van der Waals surface area contributed by atoms with Crippen molar-refractivity contribution in [2.75, 3.05) is 7.11 Å². The van der Waals surface area contributed by atoms with Crippen molar-refractivity contribution in [3.8, 4) is 11.5 Å². The van der Waals surface area contributed by atoms with Gasteiger partial charge >= 0.3 is 5.69 Å². The lowest BCUT2D eigenvalue weighted by molar-refractivity contribution is -0.386. The number of nitro benzene ring substituents is 1. The molecule has 0 aliphatic carbocycles. The topological polar surface area (TPSA) is 116 Å². The molecule has 0 aliphatic rings. The minimum Gasteiger partial charge on any atom is -0.500 e. The molecule has 0 saturated carbocycles. The zero-order valence-electron chi connectivity index (χ0n) is 14.2. The van der Waals surface area contributed by atoms with Crippen LogP contribution in [-0.2, 0) is 5.75 Å². The van der Waals surface area contributed by atoms with Gasteiger partial charge in [-0.05, 0) is 11.6 Å². The van der Waals surface area contributed by atoms with Crippen LogP contribution in [0.3, 0.4) is 0 Å². The Labute approximate surface area is 158 Å². The van der Waals surface area contributed by atoms with Crippen molar-refractivity contribution in [3.05, 3.63) is 70.0 Å². The number of benzene rings is 2. The van der Waals surface area contributed by atoms with Gasteiger partial charge in [-0.25, -0.2) is 0 Å².